The zero-order chi connectivity index (χ0) is 13.3. The van der Waals surface area contributed by atoms with Crippen molar-refractivity contribution in [1.82, 2.24) is 0 Å². The van der Waals surface area contributed by atoms with Crippen LogP contribution in [0.1, 0.15) is 58.3 Å². The molecular formula is C16H22LiOP. The molecule has 1 aromatic carbocycles. The average molecular weight is 268 g/mol. The molecule has 1 aromatic rings. The third-order valence-electron chi connectivity index (χ3n) is 4.19. The number of benzene rings is 1. The van der Waals surface area contributed by atoms with Crippen molar-refractivity contribution in [3.05, 3.63) is 33.9 Å². The summed E-state index contributed by atoms with van der Waals surface area (Å²) in [5, 5.41) is 0. The molecule has 0 unspecified atom stereocenters. The van der Waals surface area contributed by atoms with E-state index in [1.54, 1.807) is 0 Å². The fourth-order valence-corrected chi connectivity index (χ4v) is 4.31. The summed E-state index contributed by atoms with van der Waals surface area (Å²) in [6.45, 7) is 8.40. The second-order valence-corrected chi connectivity index (χ2v) is 6.90. The Hall–Kier alpha value is -0.0826. The number of aryl methyl sites for hydroxylation is 2. The second kappa shape index (κ2) is 7.08. The molecule has 0 aliphatic heterocycles. The van der Waals surface area contributed by atoms with E-state index < -0.39 is 0 Å². The summed E-state index contributed by atoms with van der Waals surface area (Å²) in [4.78, 5) is 12.5. The van der Waals surface area contributed by atoms with Crippen LogP contribution >= 0.6 is 8.58 Å². The standard InChI is InChI=1S/C16H22OP.Li/c1-10-9-11(2)15(13(4)12(10)3)16(17)18-14-7-5-6-8-14;/h9,14H,5-8H2,1-4H3;/q-1;+1. The van der Waals surface area contributed by atoms with Gasteiger partial charge in [-0.3, -0.25) is 0 Å². The van der Waals surface area contributed by atoms with E-state index in [0.717, 1.165) is 19.7 Å². The minimum Gasteiger partial charge on any atom is -0.456 e. The van der Waals surface area contributed by atoms with Crippen molar-refractivity contribution >= 4 is 14.1 Å². The number of carbonyl (C=O) groups is 1. The van der Waals surface area contributed by atoms with Crippen LogP contribution in [0.3, 0.4) is 0 Å². The van der Waals surface area contributed by atoms with E-state index in [2.05, 4.69) is 33.8 Å². The van der Waals surface area contributed by atoms with Gasteiger partial charge in [0, 0.05) is 5.52 Å². The zero-order valence-corrected chi connectivity index (χ0v) is 13.7. The van der Waals surface area contributed by atoms with Crippen LogP contribution in [-0.2, 0) is 0 Å². The molecule has 0 radical (unpaired) electrons. The van der Waals surface area contributed by atoms with Crippen LogP contribution in [0.25, 0.3) is 0 Å². The Morgan fingerprint density at radius 3 is 2.21 bits per heavy atom. The normalized spacial score (nSPS) is 16.0. The van der Waals surface area contributed by atoms with Crippen LogP contribution in [0.15, 0.2) is 6.07 Å². The third kappa shape index (κ3) is 3.72. The number of hydrogen-bond acceptors (Lipinski definition) is 1. The van der Waals surface area contributed by atoms with Crippen LogP contribution in [-0.4, -0.2) is 11.2 Å². The third-order valence-corrected chi connectivity index (χ3v) is 5.53. The Labute approximate surface area is 130 Å². The first kappa shape index (κ1) is 17.0. The number of hydrogen-bond donors (Lipinski definition) is 0. The molecule has 0 aromatic heterocycles. The first-order chi connectivity index (χ1) is 8.50. The largest absolute Gasteiger partial charge is 1.00 e. The fraction of sp³-hybridized carbons (Fsp3) is 0.562. The predicted molar refractivity (Wildman–Crippen MR) is 78.9 cm³/mol. The summed E-state index contributed by atoms with van der Waals surface area (Å²) >= 11 is 0. The topological polar surface area (TPSA) is 17.1 Å². The monoisotopic (exact) mass is 268 g/mol. The Kier molecular flexibility index (Phi) is 6.32. The van der Waals surface area contributed by atoms with Gasteiger partial charge in [0.15, 0.2) is 0 Å². The quantitative estimate of drug-likeness (QED) is 0.605. The molecule has 1 aliphatic rings. The van der Waals surface area contributed by atoms with Crippen LogP contribution < -0.4 is 18.9 Å². The number of carbonyl (C=O) groups excluding carboxylic acids is 1. The molecule has 0 N–H and O–H groups in total. The van der Waals surface area contributed by atoms with Gasteiger partial charge in [-0.2, -0.15) is 5.66 Å². The van der Waals surface area contributed by atoms with Gasteiger partial charge >= 0.3 is 18.9 Å². The fourth-order valence-electron chi connectivity index (χ4n) is 2.88. The first-order valence-electron chi connectivity index (χ1n) is 6.83. The minimum atomic E-state index is 0. The molecule has 0 atom stereocenters. The molecule has 1 aliphatic carbocycles. The van der Waals surface area contributed by atoms with E-state index in [4.69, 9.17) is 0 Å². The molecule has 0 heterocycles. The maximum atomic E-state index is 12.5. The second-order valence-electron chi connectivity index (χ2n) is 5.51. The van der Waals surface area contributed by atoms with Crippen LogP contribution in [0.5, 0.6) is 0 Å². The molecule has 0 saturated heterocycles. The van der Waals surface area contributed by atoms with E-state index in [9.17, 15) is 4.79 Å². The van der Waals surface area contributed by atoms with E-state index >= 15 is 0 Å². The molecule has 2 rings (SSSR count). The molecule has 19 heavy (non-hydrogen) atoms. The molecule has 1 nitrogen and oxygen atoms in total. The molecule has 0 spiro atoms. The van der Waals surface area contributed by atoms with Crippen molar-refractivity contribution in [2.75, 3.05) is 0 Å². The summed E-state index contributed by atoms with van der Waals surface area (Å²) < 4.78 is 0. The van der Waals surface area contributed by atoms with Crippen molar-refractivity contribution < 1.29 is 23.7 Å². The van der Waals surface area contributed by atoms with Gasteiger partial charge in [0.2, 0.25) is 0 Å². The maximum absolute atomic E-state index is 12.5. The first-order valence-corrected chi connectivity index (χ1v) is 7.79. The summed E-state index contributed by atoms with van der Waals surface area (Å²) in [6, 6.07) is 2.15. The SMILES string of the molecule is Cc1cc(C)c(C(=O)[P-]C2CCCC2)c(C)c1C.[Li+]. The zero-order valence-electron chi connectivity index (χ0n) is 12.8. The van der Waals surface area contributed by atoms with Gasteiger partial charge in [0.25, 0.3) is 0 Å². The summed E-state index contributed by atoms with van der Waals surface area (Å²) in [6.07, 6.45) is 5.07. The molecule has 0 amide bonds. The van der Waals surface area contributed by atoms with Gasteiger partial charge in [0.1, 0.15) is 0 Å². The smallest absolute Gasteiger partial charge is 0.456 e. The van der Waals surface area contributed by atoms with Gasteiger partial charge < -0.3 is 13.4 Å². The molecule has 3 heteroatoms. The van der Waals surface area contributed by atoms with Gasteiger partial charge in [-0.1, -0.05) is 31.7 Å². The maximum Gasteiger partial charge on any atom is 1.00 e. The summed E-state index contributed by atoms with van der Waals surface area (Å²) in [7, 11) is 1.02. The Morgan fingerprint density at radius 2 is 1.63 bits per heavy atom. The van der Waals surface area contributed by atoms with E-state index in [1.165, 1.54) is 42.4 Å². The molecular weight excluding hydrogens is 246 g/mol. The number of rotatable bonds is 3. The van der Waals surface area contributed by atoms with E-state index in [1.807, 2.05) is 0 Å². The van der Waals surface area contributed by atoms with E-state index in [-0.39, 0.29) is 18.9 Å². The van der Waals surface area contributed by atoms with Crippen molar-refractivity contribution in [2.45, 2.75) is 59.0 Å². The van der Waals surface area contributed by atoms with Crippen LogP contribution in [0.4, 0.5) is 0 Å². The average Bonchev–Trinajstić information content (AvgIpc) is 2.78. The predicted octanol–water partition coefficient (Wildman–Crippen LogP) is 1.95. The van der Waals surface area contributed by atoms with Crippen molar-refractivity contribution in [3.63, 3.8) is 0 Å². The Balaban J connectivity index is 0.00000180. The molecule has 0 bridgehead atoms. The Morgan fingerprint density at radius 1 is 1.05 bits per heavy atom. The van der Waals surface area contributed by atoms with Crippen molar-refractivity contribution in [3.8, 4) is 0 Å². The summed E-state index contributed by atoms with van der Waals surface area (Å²) in [5.41, 5.74) is 6.81. The van der Waals surface area contributed by atoms with Gasteiger partial charge in [-0.05, 0) is 55.5 Å². The molecule has 1 fully saturated rings. The molecule has 98 valence electrons. The molecule has 1 saturated carbocycles. The van der Waals surface area contributed by atoms with Crippen LogP contribution in [0.2, 0.25) is 0 Å². The van der Waals surface area contributed by atoms with Gasteiger partial charge in [-0.15, -0.1) is 0 Å². The van der Waals surface area contributed by atoms with Crippen molar-refractivity contribution in [2.24, 2.45) is 0 Å². The van der Waals surface area contributed by atoms with Crippen molar-refractivity contribution in [1.29, 1.82) is 0 Å². The van der Waals surface area contributed by atoms with Gasteiger partial charge in [-0.25, -0.2) is 0 Å². The summed E-state index contributed by atoms with van der Waals surface area (Å²) in [5.74, 6) is 0. The van der Waals surface area contributed by atoms with Crippen LogP contribution in [0, 0.1) is 27.7 Å². The minimum absolute atomic E-state index is 0. The van der Waals surface area contributed by atoms with Gasteiger partial charge in [0.05, 0.1) is 0 Å². The van der Waals surface area contributed by atoms with E-state index in [0.29, 0.717) is 11.2 Å². The Bertz CT molecular complexity index is 476.